The van der Waals surface area contributed by atoms with E-state index in [4.69, 9.17) is 11.6 Å². The van der Waals surface area contributed by atoms with Crippen LogP contribution in [0.15, 0.2) is 28.1 Å². The van der Waals surface area contributed by atoms with Crippen molar-refractivity contribution in [1.29, 1.82) is 0 Å². The highest BCUT2D eigenvalue weighted by molar-refractivity contribution is 9.11. The third-order valence-corrected chi connectivity index (χ3v) is 5.37. The molecule has 1 unspecified atom stereocenters. The number of hydrogen-bond acceptors (Lipinski definition) is 1. The van der Waals surface area contributed by atoms with E-state index in [0.717, 1.165) is 8.81 Å². The lowest BCUT2D eigenvalue weighted by molar-refractivity contribution is 1.16. The van der Waals surface area contributed by atoms with Gasteiger partial charge in [0.1, 0.15) is 0 Å². The number of aryl methyl sites for hydroxylation is 2. The van der Waals surface area contributed by atoms with Crippen molar-refractivity contribution in [2.45, 2.75) is 18.7 Å². The van der Waals surface area contributed by atoms with Crippen LogP contribution in [0, 0.1) is 13.8 Å². The molecule has 0 bridgehead atoms. The third-order valence-electron chi connectivity index (χ3n) is 2.56. The van der Waals surface area contributed by atoms with Gasteiger partial charge in [-0.15, -0.1) is 11.3 Å². The van der Waals surface area contributed by atoms with E-state index >= 15 is 0 Å². The first-order valence-corrected chi connectivity index (χ1v) is 8.04. The van der Waals surface area contributed by atoms with Crippen LogP contribution in [-0.2, 0) is 0 Å². The molecule has 2 rings (SSSR count). The Hall–Kier alpha value is 0.170. The minimum atomic E-state index is 0.197. The normalized spacial score (nSPS) is 12.8. The Morgan fingerprint density at radius 3 is 2.41 bits per heavy atom. The highest BCUT2D eigenvalue weighted by atomic mass is 79.9. The summed E-state index contributed by atoms with van der Waals surface area (Å²) in [6.07, 6.45) is 0. The molecule has 2 aromatic rings. The molecule has 0 spiro atoms. The van der Waals surface area contributed by atoms with Crippen LogP contribution in [0.1, 0.15) is 26.4 Å². The van der Waals surface area contributed by atoms with Crippen molar-refractivity contribution in [1.82, 2.24) is 0 Å². The molecule has 0 nitrogen and oxygen atoms in total. The number of hydrogen-bond donors (Lipinski definition) is 0. The van der Waals surface area contributed by atoms with Gasteiger partial charge in [-0.05, 0) is 64.7 Å². The fraction of sp³-hybridized carbons (Fsp3) is 0.231. The number of halogens is 3. The molecule has 0 N–H and O–H groups in total. The SMILES string of the molecule is Cc1cc(Cl)cc(C(Br)c2cc(Br)sc2C)c1. The first-order chi connectivity index (χ1) is 7.97. The smallest absolute Gasteiger partial charge is 0.0704 e. The predicted molar refractivity (Wildman–Crippen MR) is 83.7 cm³/mol. The number of alkyl halides is 1. The van der Waals surface area contributed by atoms with Crippen LogP contribution in [0.4, 0.5) is 0 Å². The Balaban J connectivity index is 2.43. The zero-order valence-electron chi connectivity index (χ0n) is 9.43. The van der Waals surface area contributed by atoms with Gasteiger partial charge >= 0.3 is 0 Å². The maximum atomic E-state index is 6.10. The van der Waals surface area contributed by atoms with Gasteiger partial charge in [0, 0.05) is 9.90 Å². The van der Waals surface area contributed by atoms with E-state index < -0.39 is 0 Å². The monoisotopic (exact) mass is 392 g/mol. The fourth-order valence-electron chi connectivity index (χ4n) is 1.80. The van der Waals surface area contributed by atoms with Crippen molar-refractivity contribution in [3.8, 4) is 0 Å². The highest BCUT2D eigenvalue weighted by Gasteiger charge is 2.16. The summed E-state index contributed by atoms with van der Waals surface area (Å²) in [4.78, 5) is 1.51. The van der Waals surface area contributed by atoms with Crippen molar-refractivity contribution in [2.24, 2.45) is 0 Å². The first kappa shape index (κ1) is 13.6. The van der Waals surface area contributed by atoms with E-state index in [9.17, 15) is 0 Å². The lowest BCUT2D eigenvalue weighted by Gasteiger charge is -2.11. The second-order valence-electron chi connectivity index (χ2n) is 3.99. The zero-order chi connectivity index (χ0) is 12.6. The third kappa shape index (κ3) is 3.14. The molecule has 1 atom stereocenters. The summed E-state index contributed by atoms with van der Waals surface area (Å²) < 4.78 is 1.16. The second-order valence-corrected chi connectivity index (χ2v) is 7.97. The fourth-order valence-corrected chi connectivity index (χ4v) is 4.74. The molecule has 0 saturated heterocycles. The molecule has 0 aliphatic rings. The molecule has 4 heteroatoms. The summed E-state index contributed by atoms with van der Waals surface area (Å²) in [7, 11) is 0. The highest BCUT2D eigenvalue weighted by Crippen LogP contribution is 2.39. The molecule has 0 saturated carbocycles. The molecule has 0 aliphatic heterocycles. The summed E-state index contributed by atoms with van der Waals surface area (Å²) in [6, 6.07) is 8.31. The summed E-state index contributed by atoms with van der Waals surface area (Å²) in [5, 5.41) is 0.788. The van der Waals surface area contributed by atoms with Gasteiger partial charge < -0.3 is 0 Å². The number of benzene rings is 1. The summed E-state index contributed by atoms with van der Waals surface area (Å²) >= 11 is 15.1. The summed E-state index contributed by atoms with van der Waals surface area (Å²) in [5.74, 6) is 0. The van der Waals surface area contributed by atoms with Crippen LogP contribution in [0.3, 0.4) is 0 Å². The van der Waals surface area contributed by atoms with Gasteiger partial charge in [-0.2, -0.15) is 0 Å². The average molecular weight is 395 g/mol. The first-order valence-electron chi connectivity index (χ1n) is 5.14. The van der Waals surface area contributed by atoms with Crippen LogP contribution in [0.5, 0.6) is 0 Å². The van der Waals surface area contributed by atoms with E-state index in [-0.39, 0.29) is 4.83 Å². The molecule has 1 aromatic carbocycles. The molecular weight excluding hydrogens is 383 g/mol. The second kappa shape index (κ2) is 5.43. The topological polar surface area (TPSA) is 0 Å². The van der Waals surface area contributed by atoms with Gasteiger partial charge in [0.25, 0.3) is 0 Å². The van der Waals surface area contributed by atoms with Gasteiger partial charge in [0.2, 0.25) is 0 Å². The summed E-state index contributed by atoms with van der Waals surface area (Å²) in [5.41, 5.74) is 3.68. The van der Waals surface area contributed by atoms with Crippen LogP contribution < -0.4 is 0 Å². The molecule has 0 aliphatic carbocycles. The van der Waals surface area contributed by atoms with Crippen molar-refractivity contribution >= 4 is 54.8 Å². The standard InChI is InChI=1S/C13H11Br2ClS/c1-7-3-9(5-10(16)4-7)13(15)11-6-12(14)17-8(11)2/h3-6,13H,1-2H3. The summed E-state index contributed by atoms with van der Waals surface area (Å²) in [6.45, 7) is 4.20. The van der Waals surface area contributed by atoms with E-state index in [1.165, 1.54) is 21.6 Å². The van der Waals surface area contributed by atoms with Gasteiger partial charge in [-0.1, -0.05) is 33.6 Å². The van der Waals surface area contributed by atoms with E-state index in [1.807, 2.05) is 12.1 Å². The Kier molecular flexibility index (Phi) is 4.35. The maximum absolute atomic E-state index is 6.10. The Morgan fingerprint density at radius 2 is 1.88 bits per heavy atom. The lowest BCUT2D eigenvalue weighted by Crippen LogP contribution is -1.93. The zero-order valence-corrected chi connectivity index (χ0v) is 14.2. The molecule has 17 heavy (non-hydrogen) atoms. The van der Waals surface area contributed by atoms with Crippen molar-refractivity contribution in [2.75, 3.05) is 0 Å². The van der Waals surface area contributed by atoms with Crippen LogP contribution in [0.2, 0.25) is 5.02 Å². The maximum Gasteiger partial charge on any atom is 0.0704 e. The Labute approximate surface area is 127 Å². The van der Waals surface area contributed by atoms with Gasteiger partial charge in [0.15, 0.2) is 0 Å². The molecule has 1 aromatic heterocycles. The minimum absolute atomic E-state index is 0.197. The largest absolute Gasteiger partial charge is 0.133 e. The molecule has 90 valence electrons. The number of rotatable bonds is 2. The molecule has 0 amide bonds. The molecular formula is C13H11Br2ClS. The molecule has 0 radical (unpaired) electrons. The predicted octanol–water partition coefficient (Wildman–Crippen LogP) is 6.27. The average Bonchev–Trinajstić information content (AvgIpc) is 2.55. The molecule has 1 heterocycles. The van der Waals surface area contributed by atoms with Crippen molar-refractivity contribution in [3.05, 3.63) is 54.6 Å². The van der Waals surface area contributed by atoms with E-state index in [2.05, 4.69) is 57.8 Å². The van der Waals surface area contributed by atoms with Crippen LogP contribution in [0.25, 0.3) is 0 Å². The van der Waals surface area contributed by atoms with E-state index in [0.29, 0.717) is 0 Å². The minimum Gasteiger partial charge on any atom is -0.133 e. The number of thiophene rings is 1. The lowest BCUT2D eigenvalue weighted by atomic mass is 10.0. The van der Waals surface area contributed by atoms with Gasteiger partial charge in [-0.25, -0.2) is 0 Å². The molecule has 0 fully saturated rings. The van der Waals surface area contributed by atoms with Gasteiger partial charge in [0.05, 0.1) is 8.61 Å². The van der Waals surface area contributed by atoms with Crippen molar-refractivity contribution < 1.29 is 0 Å². The van der Waals surface area contributed by atoms with Crippen LogP contribution >= 0.6 is 54.8 Å². The van der Waals surface area contributed by atoms with Crippen molar-refractivity contribution in [3.63, 3.8) is 0 Å². The van der Waals surface area contributed by atoms with Crippen LogP contribution in [-0.4, -0.2) is 0 Å². The quantitative estimate of drug-likeness (QED) is 0.527. The Morgan fingerprint density at radius 1 is 1.18 bits per heavy atom. The Bertz CT molecular complexity index is 528. The van der Waals surface area contributed by atoms with Gasteiger partial charge in [-0.3, -0.25) is 0 Å². The van der Waals surface area contributed by atoms with E-state index in [1.54, 1.807) is 11.3 Å².